The van der Waals surface area contributed by atoms with Crippen LogP contribution >= 0.6 is 22.6 Å². The lowest BCUT2D eigenvalue weighted by Crippen LogP contribution is -2.10. The number of nitrogens with two attached hydrogens (primary N) is 2. The van der Waals surface area contributed by atoms with Gasteiger partial charge in [-0.05, 0) is 46.9 Å². The van der Waals surface area contributed by atoms with Crippen molar-refractivity contribution < 1.29 is 4.74 Å². The smallest absolute Gasteiger partial charge is 0.226 e. The third-order valence-electron chi connectivity index (χ3n) is 1.90. The first kappa shape index (κ1) is 11.9. The maximum Gasteiger partial charge on any atom is 0.226 e. The number of hydrogen-bond acceptors (Lipinski definition) is 6. The Morgan fingerprint density at radius 1 is 1.18 bits per heavy atom. The van der Waals surface area contributed by atoms with Crippen molar-refractivity contribution in [3.63, 3.8) is 0 Å². The van der Waals surface area contributed by atoms with E-state index in [1.54, 1.807) is 6.07 Å². The number of anilines is 2. The Bertz CT molecular complexity index is 517. The van der Waals surface area contributed by atoms with Crippen LogP contribution in [0.15, 0.2) is 30.3 Å². The van der Waals surface area contributed by atoms with Crippen molar-refractivity contribution in [2.45, 2.75) is 0 Å². The van der Waals surface area contributed by atoms with Gasteiger partial charge in [-0.15, -0.1) is 0 Å². The Morgan fingerprint density at radius 3 is 2.53 bits per heavy atom. The third kappa shape index (κ3) is 3.17. The fourth-order valence-corrected chi connectivity index (χ4v) is 1.55. The van der Waals surface area contributed by atoms with Crippen LogP contribution in [0.4, 0.5) is 11.8 Å². The number of rotatable bonds is 3. The molecule has 5 N–H and O–H groups in total. The molecule has 0 aliphatic heterocycles. The Hall–Kier alpha value is -1.61. The topological polar surface area (TPSA) is 99.1 Å². The van der Waals surface area contributed by atoms with Crippen LogP contribution in [0.5, 0.6) is 11.6 Å². The van der Waals surface area contributed by atoms with Gasteiger partial charge >= 0.3 is 0 Å². The molecular weight excluding hydrogens is 333 g/mol. The van der Waals surface area contributed by atoms with E-state index in [4.69, 9.17) is 16.3 Å². The number of nitrogens with zero attached hydrogens (tertiary/aromatic N) is 2. The standard InChI is InChI=1S/C10H10IN5O/c11-6-1-3-7(4-2-6)17-9-5-8(16-13)14-10(12)15-9/h1-5H,13H2,(H3,12,14,15,16). The van der Waals surface area contributed by atoms with Gasteiger partial charge in [0.15, 0.2) is 0 Å². The van der Waals surface area contributed by atoms with Crippen LogP contribution in [-0.2, 0) is 0 Å². The first-order chi connectivity index (χ1) is 8.17. The molecule has 0 radical (unpaired) electrons. The Balaban J connectivity index is 2.23. The molecule has 0 atom stereocenters. The fourth-order valence-electron chi connectivity index (χ4n) is 1.19. The summed E-state index contributed by atoms with van der Waals surface area (Å²) in [6.45, 7) is 0. The molecule has 0 amide bonds. The molecule has 1 heterocycles. The van der Waals surface area contributed by atoms with E-state index in [1.807, 2.05) is 24.3 Å². The number of aromatic nitrogens is 2. The van der Waals surface area contributed by atoms with Gasteiger partial charge in [-0.3, -0.25) is 0 Å². The van der Waals surface area contributed by atoms with Crippen molar-refractivity contribution in [3.05, 3.63) is 33.9 Å². The molecule has 17 heavy (non-hydrogen) atoms. The van der Waals surface area contributed by atoms with Gasteiger partial charge in [-0.1, -0.05) is 0 Å². The molecule has 1 aromatic carbocycles. The quantitative estimate of drug-likeness (QED) is 0.446. The normalized spacial score (nSPS) is 10.0. The van der Waals surface area contributed by atoms with Crippen LogP contribution in [0, 0.1) is 3.57 Å². The van der Waals surface area contributed by atoms with Crippen LogP contribution in [0.1, 0.15) is 0 Å². The number of halogens is 1. The van der Waals surface area contributed by atoms with Gasteiger partial charge in [0, 0.05) is 9.64 Å². The van der Waals surface area contributed by atoms with E-state index in [2.05, 4.69) is 38.0 Å². The largest absolute Gasteiger partial charge is 0.439 e. The van der Waals surface area contributed by atoms with E-state index in [0.29, 0.717) is 17.4 Å². The Kier molecular flexibility index (Phi) is 3.59. The summed E-state index contributed by atoms with van der Waals surface area (Å²) in [7, 11) is 0. The first-order valence-corrected chi connectivity index (χ1v) is 5.80. The number of nitrogen functional groups attached to an aromatic ring is 2. The first-order valence-electron chi connectivity index (χ1n) is 4.72. The molecule has 0 fully saturated rings. The molecule has 0 bridgehead atoms. The van der Waals surface area contributed by atoms with Crippen molar-refractivity contribution >= 4 is 34.4 Å². The van der Waals surface area contributed by atoms with E-state index in [0.717, 1.165) is 3.57 Å². The molecule has 7 heteroatoms. The van der Waals surface area contributed by atoms with Crippen LogP contribution in [0.2, 0.25) is 0 Å². The molecule has 88 valence electrons. The highest BCUT2D eigenvalue weighted by molar-refractivity contribution is 14.1. The molecule has 0 aliphatic rings. The lowest BCUT2D eigenvalue weighted by Gasteiger charge is -2.07. The number of benzene rings is 1. The number of hydrazine groups is 1. The molecule has 0 saturated heterocycles. The average molecular weight is 343 g/mol. The minimum atomic E-state index is 0.0981. The summed E-state index contributed by atoms with van der Waals surface area (Å²) in [4.78, 5) is 7.80. The molecular formula is C10H10IN5O. The van der Waals surface area contributed by atoms with Crippen molar-refractivity contribution in [2.24, 2.45) is 5.84 Å². The predicted molar refractivity (Wildman–Crippen MR) is 73.5 cm³/mol. The zero-order chi connectivity index (χ0) is 12.3. The summed E-state index contributed by atoms with van der Waals surface area (Å²) >= 11 is 2.22. The lowest BCUT2D eigenvalue weighted by atomic mass is 10.3. The highest BCUT2D eigenvalue weighted by Gasteiger charge is 2.03. The van der Waals surface area contributed by atoms with Crippen LogP contribution in [0.25, 0.3) is 0 Å². The third-order valence-corrected chi connectivity index (χ3v) is 2.62. The minimum absolute atomic E-state index is 0.0981. The molecule has 2 rings (SSSR count). The van der Waals surface area contributed by atoms with Crippen LogP contribution in [0.3, 0.4) is 0 Å². The van der Waals surface area contributed by atoms with E-state index >= 15 is 0 Å². The summed E-state index contributed by atoms with van der Waals surface area (Å²) in [6.07, 6.45) is 0. The summed E-state index contributed by atoms with van der Waals surface area (Å²) in [5, 5.41) is 0. The average Bonchev–Trinajstić information content (AvgIpc) is 2.31. The molecule has 1 aromatic heterocycles. The van der Waals surface area contributed by atoms with Gasteiger partial charge in [-0.25, -0.2) is 5.84 Å². The SMILES string of the molecule is NNc1cc(Oc2ccc(I)cc2)nc(N)n1. The van der Waals surface area contributed by atoms with E-state index in [1.165, 1.54) is 0 Å². The van der Waals surface area contributed by atoms with Gasteiger partial charge in [-0.2, -0.15) is 9.97 Å². The highest BCUT2D eigenvalue weighted by Crippen LogP contribution is 2.22. The summed E-state index contributed by atoms with van der Waals surface area (Å²) < 4.78 is 6.65. The molecule has 0 spiro atoms. The zero-order valence-corrected chi connectivity index (χ0v) is 10.9. The van der Waals surface area contributed by atoms with Gasteiger partial charge in [0.05, 0.1) is 0 Å². The highest BCUT2D eigenvalue weighted by atomic mass is 127. The van der Waals surface area contributed by atoms with E-state index in [-0.39, 0.29) is 5.95 Å². The number of hydrogen-bond donors (Lipinski definition) is 3. The lowest BCUT2D eigenvalue weighted by molar-refractivity contribution is 0.463. The predicted octanol–water partition coefficient (Wildman–Crippen LogP) is 1.74. The fraction of sp³-hybridized carbons (Fsp3) is 0. The van der Waals surface area contributed by atoms with Crippen molar-refractivity contribution in [1.82, 2.24) is 9.97 Å². The van der Waals surface area contributed by atoms with Gasteiger partial charge in [0.2, 0.25) is 11.8 Å². The van der Waals surface area contributed by atoms with Crippen molar-refractivity contribution in [2.75, 3.05) is 11.2 Å². The maximum atomic E-state index is 5.53. The monoisotopic (exact) mass is 343 g/mol. The van der Waals surface area contributed by atoms with Crippen molar-refractivity contribution in [3.8, 4) is 11.6 Å². The minimum Gasteiger partial charge on any atom is -0.439 e. The number of nitrogens with one attached hydrogen (secondary N) is 1. The summed E-state index contributed by atoms with van der Waals surface area (Å²) in [5.41, 5.74) is 7.90. The second-order valence-corrected chi connectivity index (χ2v) is 4.40. The second kappa shape index (κ2) is 5.15. The maximum absolute atomic E-state index is 5.53. The molecule has 0 aliphatic carbocycles. The Morgan fingerprint density at radius 2 is 1.88 bits per heavy atom. The van der Waals surface area contributed by atoms with E-state index in [9.17, 15) is 0 Å². The molecule has 0 unspecified atom stereocenters. The molecule has 2 aromatic rings. The van der Waals surface area contributed by atoms with Crippen LogP contribution < -0.4 is 21.7 Å². The Labute approximate surface area is 112 Å². The number of ether oxygens (including phenoxy) is 1. The second-order valence-electron chi connectivity index (χ2n) is 3.15. The zero-order valence-electron chi connectivity index (χ0n) is 8.72. The summed E-state index contributed by atoms with van der Waals surface area (Å²) in [5.74, 6) is 6.76. The van der Waals surface area contributed by atoms with Gasteiger partial charge in [0.25, 0.3) is 0 Å². The molecule has 0 saturated carbocycles. The molecule has 6 nitrogen and oxygen atoms in total. The van der Waals surface area contributed by atoms with Crippen LogP contribution in [-0.4, -0.2) is 9.97 Å². The van der Waals surface area contributed by atoms with Crippen molar-refractivity contribution in [1.29, 1.82) is 0 Å². The van der Waals surface area contributed by atoms with E-state index < -0.39 is 0 Å². The van der Waals surface area contributed by atoms with Gasteiger partial charge in [0.1, 0.15) is 11.6 Å². The summed E-state index contributed by atoms with van der Waals surface area (Å²) in [6, 6.07) is 9.12. The van der Waals surface area contributed by atoms with Gasteiger partial charge < -0.3 is 15.9 Å².